The van der Waals surface area contributed by atoms with E-state index < -0.39 is 35.6 Å². The SMILES string of the molecule is C=CCN(C(=O)C(NC(=O)OC(C)(C)C)C(C)CC)C(C(=O)NCc1ccccc1)c1ccccc1O. The van der Waals surface area contributed by atoms with Crippen LogP contribution in [-0.4, -0.2) is 46.1 Å². The number of amides is 3. The summed E-state index contributed by atoms with van der Waals surface area (Å²) in [4.78, 5) is 41.5. The number of alkyl carbamates (subject to hydrolysis) is 1. The monoisotopic (exact) mass is 509 g/mol. The minimum absolute atomic E-state index is 0.0134. The van der Waals surface area contributed by atoms with Crippen LogP contribution in [0.1, 0.15) is 58.2 Å². The topological polar surface area (TPSA) is 108 Å². The number of benzene rings is 2. The van der Waals surface area contributed by atoms with Gasteiger partial charge < -0.3 is 25.4 Å². The first-order valence-electron chi connectivity index (χ1n) is 12.5. The van der Waals surface area contributed by atoms with Gasteiger partial charge in [0.15, 0.2) is 0 Å². The van der Waals surface area contributed by atoms with Gasteiger partial charge >= 0.3 is 6.09 Å². The Morgan fingerprint density at radius 1 is 1.08 bits per heavy atom. The molecule has 2 aromatic carbocycles. The van der Waals surface area contributed by atoms with Crippen molar-refractivity contribution >= 4 is 17.9 Å². The zero-order chi connectivity index (χ0) is 27.6. The van der Waals surface area contributed by atoms with Gasteiger partial charge in [-0.1, -0.05) is 74.9 Å². The van der Waals surface area contributed by atoms with Gasteiger partial charge in [0.05, 0.1) is 0 Å². The summed E-state index contributed by atoms with van der Waals surface area (Å²) in [5, 5.41) is 16.2. The van der Waals surface area contributed by atoms with Gasteiger partial charge in [-0.25, -0.2) is 4.79 Å². The van der Waals surface area contributed by atoms with Crippen LogP contribution in [0.4, 0.5) is 4.79 Å². The Morgan fingerprint density at radius 3 is 2.27 bits per heavy atom. The van der Waals surface area contributed by atoms with Crippen LogP contribution in [0.2, 0.25) is 0 Å². The largest absolute Gasteiger partial charge is 0.508 e. The molecule has 0 radical (unpaired) electrons. The molecule has 8 nitrogen and oxygen atoms in total. The van der Waals surface area contributed by atoms with E-state index in [1.807, 2.05) is 44.2 Å². The first-order valence-corrected chi connectivity index (χ1v) is 12.5. The van der Waals surface area contributed by atoms with Crippen LogP contribution in [0.15, 0.2) is 67.3 Å². The van der Waals surface area contributed by atoms with E-state index in [-0.39, 0.29) is 30.3 Å². The number of rotatable bonds is 11. The van der Waals surface area contributed by atoms with Crippen LogP contribution < -0.4 is 10.6 Å². The fourth-order valence-electron chi connectivity index (χ4n) is 3.81. The van der Waals surface area contributed by atoms with Crippen LogP contribution in [0.25, 0.3) is 0 Å². The molecule has 8 heteroatoms. The number of hydrogen-bond acceptors (Lipinski definition) is 5. The maximum Gasteiger partial charge on any atom is 0.408 e. The number of para-hydroxylation sites is 1. The Bertz CT molecular complexity index is 1060. The van der Waals surface area contributed by atoms with E-state index in [2.05, 4.69) is 17.2 Å². The van der Waals surface area contributed by atoms with Crippen LogP contribution in [0.3, 0.4) is 0 Å². The molecule has 0 aromatic heterocycles. The Kier molecular flexibility index (Phi) is 10.7. The molecule has 0 aliphatic carbocycles. The quantitative estimate of drug-likeness (QED) is 0.381. The highest BCUT2D eigenvalue weighted by atomic mass is 16.6. The molecule has 0 saturated heterocycles. The van der Waals surface area contributed by atoms with E-state index in [1.165, 1.54) is 17.0 Å². The Balaban J connectivity index is 2.46. The second-order valence-corrected chi connectivity index (χ2v) is 9.95. The lowest BCUT2D eigenvalue weighted by molar-refractivity contribution is -0.142. The summed E-state index contributed by atoms with van der Waals surface area (Å²) in [6.45, 7) is 13.0. The lowest BCUT2D eigenvalue weighted by Crippen LogP contribution is -2.55. The molecular formula is C29H39N3O5. The normalized spacial score (nSPS) is 13.5. The highest BCUT2D eigenvalue weighted by Gasteiger charge is 2.38. The molecule has 2 aromatic rings. The van der Waals surface area contributed by atoms with Gasteiger partial charge in [0.25, 0.3) is 0 Å². The molecule has 3 N–H and O–H groups in total. The summed E-state index contributed by atoms with van der Waals surface area (Å²) < 4.78 is 5.39. The maximum absolute atomic E-state index is 14.0. The van der Waals surface area contributed by atoms with Crippen LogP contribution in [0.5, 0.6) is 5.75 Å². The summed E-state index contributed by atoms with van der Waals surface area (Å²) >= 11 is 0. The fraction of sp³-hybridized carbons (Fsp3) is 0.414. The van der Waals surface area contributed by atoms with Crippen LogP contribution in [0, 0.1) is 5.92 Å². The van der Waals surface area contributed by atoms with Crippen molar-refractivity contribution in [2.45, 2.75) is 65.3 Å². The molecular weight excluding hydrogens is 470 g/mol. The Labute approximate surface area is 219 Å². The van der Waals surface area contributed by atoms with E-state index in [1.54, 1.807) is 39.0 Å². The van der Waals surface area contributed by atoms with Gasteiger partial charge in [0, 0.05) is 18.7 Å². The van der Waals surface area contributed by atoms with Gasteiger partial charge in [-0.05, 0) is 38.3 Å². The van der Waals surface area contributed by atoms with Gasteiger partial charge in [0.2, 0.25) is 11.8 Å². The average Bonchev–Trinajstić information content (AvgIpc) is 2.85. The third kappa shape index (κ3) is 8.66. The average molecular weight is 510 g/mol. The highest BCUT2D eigenvalue weighted by Crippen LogP contribution is 2.30. The van der Waals surface area contributed by atoms with Gasteiger partial charge in [-0.3, -0.25) is 9.59 Å². The summed E-state index contributed by atoms with van der Waals surface area (Å²) in [6.07, 6.45) is 1.38. The van der Waals surface area contributed by atoms with Crippen molar-refractivity contribution in [3.05, 3.63) is 78.4 Å². The molecule has 2 rings (SSSR count). The zero-order valence-electron chi connectivity index (χ0n) is 22.4. The number of nitrogens with one attached hydrogen (secondary N) is 2. The third-order valence-electron chi connectivity index (χ3n) is 5.86. The van der Waals surface area contributed by atoms with Crippen molar-refractivity contribution in [2.24, 2.45) is 5.92 Å². The minimum Gasteiger partial charge on any atom is -0.508 e. The van der Waals surface area contributed by atoms with E-state index in [9.17, 15) is 19.5 Å². The predicted molar refractivity (Wildman–Crippen MR) is 144 cm³/mol. The number of hydrogen-bond donors (Lipinski definition) is 3. The minimum atomic E-state index is -1.16. The van der Waals surface area contributed by atoms with Crippen LogP contribution >= 0.6 is 0 Å². The number of ether oxygens (including phenoxy) is 1. The summed E-state index contributed by atoms with van der Waals surface area (Å²) in [5.41, 5.74) is 0.407. The fourth-order valence-corrected chi connectivity index (χ4v) is 3.81. The van der Waals surface area contributed by atoms with Crippen molar-refractivity contribution in [2.75, 3.05) is 6.54 Å². The van der Waals surface area contributed by atoms with Gasteiger partial charge in [0.1, 0.15) is 23.4 Å². The predicted octanol–water partition coefficient (Wildman–Crippen LogP) is 4.70. The number of carbonyl (C=O) groups is 3. The third-order valence-corrected chi connectivity index (χ3v) is 5.86. The van der Waals surface area contributed by atoms with Gasteiger partial charge in [-0.15, -0.1) is 6.58 Å². The molecule has 0 spiro atoms. The molecule has 0 fully saturated rings. The Hall–Kier alpha value is -3.81. The number of phenols is 1. The molecule has 0 heterocycles. The molecule has 3 amide bonds. The summed E-state index contributed by atoms with van der Waals surface area (Å²) in [7, 11) is 0. The second-order valence-electron chi connectivity index (χ2n) is 9.95. The maximum atomic E-state index is 14.0. The standard InChI is InChI=1S/C29H39N3O5/c1-7-18-32(27(35)24(20(3)8-2)31-28(36)37-29(4,5)6)25(22-16-12-13-17-23(22)33)26(34)30-19-21-14-10-9-11-15-21/h7,9-17,20,24-25,33H,1,8,18-19H2,2-6H3,(H,30,34)(H,31,36). The smallest absolute Gasteiger partial charge is 0.408 e. The number of phenolic OH excluding ortho intramolecular Hbond substituents is 1. The van der Waals surface area contributed by atoms with Crippen molar-refractivity contribution in [3.63, 3.8) is 0 Å². The molecule has 0 bridgehead atoms. The summed E-state index contributed by atoms with van der Waals surface area (Å²) in [5.74, 6) is -1.34. The van der Waals surface area contributed by atoms with E-state index in [4.69, 9.17) is 4.74 Å². The summed E-state index contributed by atoms with van der Waals surface area (Å²) in [6, 6.07) is 13.7. The van der Waals surface area contributed by atoms with Crippen molar-refractivity contribution in [1.82, 2.24) is 15.5 Å². The van der Waals surface area contributed by atoms with E-state index >= 15 is 0 Å². The molecule has 3 unspecified atom stereocenters. The first-order chi connectivity index (χ1) is 17.5. The first kappa shape index (κ1) is 29.4. The van der Waals surface area contributed by atoms with Crippen molar-refractivity contribution in [1.29, 1.82) is 0 Å². The van der Waals surface area contributed by atoms with Crippen molar-refractivity contribution in [3.8, 4) is 5.75 Å². The zero-order valence-corrected chi connectivity index (χ0v) is 22.4. The lowest BCUT2D eigenvalue weighted by Gasteiger charge is -2.35. The number of nitrogens with zero attached hydrogens (tertiary/aromatic N) is 1. The molecule has 37 heavy (non-hydrogen) atoms. The lowest BCUT2D eigenvalue weighted by atomic mass is 9.95. The van der Waals surface area contributed by atoms with Crippen LogP contribution in [-0.2, 0) is 20.9 Å². The molecule has 3 atom stereocenters. The number of aromatic hydroxyl groups is 1. The number of carbonyl (C=O) groups excluding carboxylic acids is 3. The molecule has 200 valence electrons. The second kappa shape index (κ2) is 13.5. The Morgan fingerprint density at radius 2 is 1.70 bits per heavy atom. The highest BCUT2D eigenvalue weighted by molar-refractivity contribution is 5.92. The van der Waals surface area contributed by atoms with Gasteiger partial charge in [-0.2, -0.15) is 0 Å². The molecule has 0 aliphatic rings. The van der Waals surface area contributed by atoms with E-state index in [0.717, 1.165) is 5.56 Å². The van der Waals surface area contributed by atoms with Crippen molar-refractivity contribution < 1.29 is 24.2 Å². The molecule has 0 aliphatic heterocycles. The van der Waals surface area contributed by atoms with E-state index in [0.29, 0.717) is 6.42 Å². The molecule has 0 saturated carbocycles.